The second-order valence-corrected chi connectivity index (χ2v) is 4.24. The molecule has 0 aliphatic carbocycles. The molecule has 0 heterocycles. The van der Waals surface area contributed by atoms with Gasteiger partial charge < -0.3 is 0 Å². The van der Waals surface area contributed by atoms with Crippen LogP contribution in [0.1, 0.15) is 5.56 Å². The first kappa shape index (κ1) is 13.3. The highest BCUT2D eigenvalue weighted by molar-refractivity contribution is 6.10. The molecule has 0 aromatic heterocycles. The molecule has 2 aromatic rings. The summed E-state index contributed by atoms with van der Waals surface area (Å²) in [5.74, 6) is 0. The Balaban J connectivity index is 2.15. The first-order chi connectivity index (χ1) is 9.72. The van der Waals surface area contributed by atoms with Crippen LogP contribution in [0.3, 0.4) is 0 Å². The lowest BCUT2D eigenvalue weighted by Gasteiger charge is -2.04. The lowest BCUT2D eigenvalue weighted by molar-refractivity contribution is 1.34. The van der Waals surface area contributed by atoms with Crippen LogP contribution in [0.25, 0.3) is 11.1 Å². The smallest absolute Gasteiger partial charge is 0.237 e. The summed E-state index contributed by atoms with van der Waals surface area (Å²) in [6.07, 6.45) is 0. The van der Waals surface area contributed by atoms with Gasteiger partial charge in [0.1, 0.15) is 12.1 Å². The van der Waals surface area contributed by atoms with E-state index in [9.17, 15) is 0 Å². The van der Waals surface area contributed by atoms with Crippen LogP contribution in [-0.2, 0) is 0 Å². The van der Waals surface area contributed by atoms with Gasteiger partial charge in [0.05, 0.1) is 5.69 Å². The summed E-state index contributed by atoms with van der Waals surface area (Å²) in [7, 11) is 0. The van der Waals surface area contributed by atoms with Crippen molar-refractivity contribution in [1.82, 2.24) is 0 Å². The second kappa shape index (κ2) is 6.17. The first-order valence-corrected chi connectivity index (χ1v) is 6.04. The molecule has 1 N–H and O–H groups in total. The molecule has 96 valence electrons. The van der Waals surface area contributed by atoms with E-state index in [0.717, 1.165) is 16.8 Å². The van der Waals surface area contributed by atoms with Gasteiger partial charge in [-0.2, -0.15) is 15.6 Å². The standard InChI is InChI=1S/C16H12N4/c1-12-2-4-13(5-3-12)14-6-8-15(9-7-14)19-20-16(10-17)11-18/h2-9,19H,1H3. The Morgan fingerprint density at radius 3 is 1.90 bits per heavy atom. The molecule has 0 bridgehead atoms. The van der Waals surface area contributed by atoms with Crippen molar-refractivity contribution in [3.8, 4) is 23.3 Å². The summed E-state index contributed by atoms with van der Waals surface area (Å²) >= 11 is 0. The molecule has 2 rings (SSSR count). The fourth-order valence-electron chi connectivity index (χ4n) is 1.68. The van der Waals surface area contributed by atoms with Gasteiger partial charge in [0, 0.05) is 0 Å². The summed E-state index contributed by atoms with van der Waals surface area (Å²) in [6.45, 7) is 2.05. The molecule has 0 amide bonds. The fraction of sp³-hybridized carbons (Fsp3) is 0.0625. The van der Waals surface area contributed by atoms with Crippen molar-refractivity contribution in [2.24, 2.45) is 5.10 Å². The number of hydrogen-bond donors (Lipinski definition) is 1. The Morgan fingerprint density at radius 2 is 1.40 bits per heavy atom. The Bertz CT molecular complexity index is 682. The summed E-state index contributed by atoms with van der Waals surface area (Å²) in [4.78, 5) is 0. The minimum Gasteiger partial charge on any atom is -0.277 e. The number of rotatable bonds is 3. The third-order valence-electron chi connectivity index (χ3n) is 2.78. The molecule has 0 saturated heterocycles. The summed E-state index contributed by atoms with van der Waals surface area (Å²) < 4.78 is 0. The Labute approximate surface area is 117 Å². The van der Waals surface area contributed by atoms with Crippen molar-refractivity contribution in [3.63, 3.8) is 0 Å². The van der Waals surface area contributed by atoms with E-state index < -0.39 is 0 Å². The number of nitrogens with one attached hydrogen (secondary N) is 1. The second-order valence-electron chi connectivity index (χ2n) is 4.24. The molecule has 4 heteroatoms. The van der Waals surface area contributed by atoms with E-state index in [-0.39, 0.29) is 5.71 Å². The number of hydrazone groups is 1. The number of nitrogens with zero attached hydrogens (tertiary/aromatic N) is 3. The summed E-state index contributed by atoms with van der Waals surface area (Å²) in [5, 5.41) is 20.8. The van der Waals surface area contributed by atoms with Crippen LogP contribution in [0.4, 0.5) is 5.69 Å². The van der Waals surface area contributed by atoms with Crippen LogP contribution in [-0.4, -0.2) is 5.71 Å². The highest BCUT2D eigenvalue weighted by Gasteiger charge is 1.98. The Kier molecular flexibility index (Phi) is 4.11. The number of benzene rings is 2. The van der Waals surface area contributed by atoms with Gasteiger partial charge in [-0.05, 0) is 30.2 Å². The third-order valence-corrected chi connectivity index (χ3v) is 2.78. The van der Waals surface area contributed by atoms with Crippen LogP contribution in [0.15, 0.2) is 53.6 Å². The Morgan fingerprint density at radius 1 is 0.900 bits per heavy atom. The van der Waals surface area contributed by atoms with Crippen molar-refractivity contribution in [2.75, 3.05) is 5.43 Å². The maximum atomic E-state index is 8.58. The highest BCUT2D eigenvalue weighted by Crippen LogP contribution is 2.21. The van der Waals surface area contributed by atoms with Gasteiger partial charge in [0.2, 0.25) is 5.71 Å². The number of nitriles is 2. The zero-order valence-electron chi connectivity index (χ0n) is 11.0. The number of hydrogen-bond acceptors (Lipinski definition) is 4. The molecule has 0 aliphatic heterocycles. The van der Waals surface area contributed by atoms with Crippen LogP contribution in [0.2, 0.25) is 0 Å². The minimum absolute atomic E-state index is 0.201. The zero-order chi connectivity index (χ0) is 14.4. The third kappa shape index (κ3) is 3.22. The fourth-order valence-corrected chi connectivity index (χ4v) is 1.68. The van der Waals surface area contributed by atoms with Crippen LogP contribution in [0.5, 0.6) is 0 Å². The van der Waals surface area contributed by atoms with E-state index >= 15 is 0 Å². The number of aryl methyl sites for hydroxylation is 1. The number of anilines is 1. The average Bonchev–Trinajstić information content (AvgIpc) is 2.50. The molecule has 0 spiro atoms. The van der Waals surface area contributed by atoms with Gasteiger partial charge in [-0.15, -0.1) is 0 Å². The molecule has 0 atom stereocenters. The molecular formula is C16H12N4. The predicted molar refractivity (Wildman–Crippen MR) is 78.9 cm³/mol. The SMILES string of the molecule is Cc1ccc(-c2ccc(NN=C(C#N)C#N)cc2)cc1. The van der Waals surface area contributed by atoms with Crippen molar-refractivity contribution in [2.45, 2.75) is 6.92 Å². The quantitative estimate of drug-likeness (QED) is 0.678. The van der Waals surface area contributed by atoms with Gasteiger partial charge in [-0.3, -0.25) is 5.43 Å². The van der Waals surface area contributed by atoms with Crippen molar-refractivity contribution in [3.05, 3.63) is 54.1 Å². The average molecular weight is 260 g/mol. The molecule has 0 saturated carbocycles. The maximum absolute atomic E-state index is 8.58. The van der Waals surface area contributed by atoms with E-state index in [1.54, 1.807) is 12.1 Å². The zero-order valence-corrected chi connectivity index (χ0v) is 11.0. The van der Waals surface area contributed by atoms with Crippen molar-refractivity contribution in [1.29, 1.82) is 10.5 Å². The maximum Gasteiger partial charge on any atom is 0.237 e. The van der Waals surface area contributed by atoms with Gasteiger partial charge in [0.25, 0.3) is 0 Å². The molecule has 2 aromatic carbocycles. The van der Waals surface area contributed by atoms with E-state index in [1.165, 1.54) is 5.56 Å². The van der Waals surface area contributed by atoms with Crippen molar-refractivity contribution >= 4 is 11.4 Å². The molecule has 0 aliphatic rings. The van der Waals surface area contributed by atoms with E-state index in [4.69, 9.17) is 10.5 Å². The summed E-state index contributed by atoms with van der Waals surface area (Å²) in [6, 6.07) is 19.3. The lowest BCUT2D eigenvalue weighted by atomic mass is 10.0. The normalized spacial score (nSPS) is 9.15. The molecule has 20 heavy (non-hydrogen) atoms. The van der Waals surface area contributed by atoms with E-state index in [0.29, 0.717) is 0 Å². The first-order valence-electron chi connectivity index (χ1n) is 6.04. The molecular weight excluding hydrogens is 248 g/mol. The predicted octanol–water partition coefficient (Wildman–Crippen LogP) is 3.48. The van der Waals surface area contributed by atoms with Crippen LogP contribution >= 0.6 is 0 Å². The topological polar surface area (TPSA) is 72.0 Å². The van der Waals surface area contributed by atoms with Gasteiger partial charge in [0.15, 0.2) is 0 Å². The van der Waals surface area contributed by atoms with Gasteiger partial charge in [-0.25, -0.2) is 0 Å². The van der Waals surface area contributed by atoms with Gasteiger partial charge in [-0.1, -0.05) is 42.0 Å². The Hall–Kier alpha value is -3.11. The largest absolute Gasteiger partial charge is 0.277 e. The minimum atomic E-state index is -0.201. The molecule has 0 unspecified atom stereocenters. The van der Waals surface area contributed by atoms with Crippen LogP contribution < -0.4 is 5.43 Å². The van der Waals surface area contributed by atoms with E-state index in [2.05, 4.69) is 41.7 Å². The van der Waals surface area contributed by atoms with E-state index in [1.807, 2.05) is 24.3 Å². The summed E-state index contributed by atoms with van der Waals surface area (Å²) in [5.41, 5.74) is 6.66. The highest BCUT2D eigenvalue weighted by atomic mass is 15.3. The lowest BCUT2D eigenvalue weighted by Crippen LogP contribution is -1.96. The van der Waals surface area contributed by atoms with Crippen LogP contribution in [0, 0.1) is 29.6 Å². The van der Waals surface area contributed by atoms with Gasteiger partial charge >= 0.3 is 0 Å². The van der Waals surface area contributed by atoms with Crippen molar-refractivity contribution < 1.29 is 0 Å². The monoisotopic (exact) mass is 260 g/mol. The molecule has 0 radical (unpaired) electrons. The molecule has 4 nitrogen and oxygen atoms in total. The molecule has 0 fully saturated rings.